The highest BCUT2D eigenvalue weighted by Crippen LogP contribution is 2.32. The highest BCUT2D eigenvalue weighted by Gasteiger charge is 2.15. The second-order valence-corrected chi connectivity index (χ2v) is 5.62. The van der Waals surface area contributed by atoms with Gasteiger partial charge in [-0.3, -0.25) is 9.59 Å². The van der Waals surface area contributed by atoms with Crippen molar-refractivity contribution < 1.29 is 9.53 Å². The Balaban J connectivity index is 1.96. The first-order chi connectivity index (χ1) is 12.1. The summed E-state index contributed by atoms with van der Waals surface area (Å²) >= 11 is 6.12. The summed E-state index contributed by atoms with van der Waals surface area (Å²) in [5, 5.41) is 6.07. The molecule has 2 N–H and O–H groups in total. The topological polar surface area (TPSA) is 88.0 Å². The molecule has 1 aromatic carbocycles. The summed E-state index contributed by atoms with van der Waals surface area (Å²) in [6.07, 6.45) is 3.12. The molecule has 0 radical (unpaired) electrons. The van der Waals surface area contributed by atoms with E-state index in [1.54, 1.807) is 42.7 Å². The number of hydrogen-bond donors (Lipinski definition) is 2. The average Bonchev–Trinajstić information content (AvgIpc) is 3.11. The number of carbonyl (C=O) groups excluding carboxylic acids is 1. The number of hydrogen-bond acceptors (Lipinski definition) is 7. The van der Waals surface area contributed by atoms with Crippen molar-refractivity contribution in [3.8, 4) is 11.1 Å². The zero-order valence-electron chi connectivity index (χ0n) is 13.4. The molecule has 0 bridgehead atoms. The zero-order chi connectivity index (χ0) is 17.8. The van der Waals surface area contributed by atoms with Crippen LogP contribution in [0.5, 0.6) is 0 Å². The number of esters is 1. The minimum absolute atomic E-state index is 0.125. The third-order valence-electron chi connectivity index (χ3n) is 3.54. The maximum absolute atomic E-state index is 12.3. The first kappa shape index (κ1) is 17.0. The first-order valence-electron chi connectivity index (χ1n) is 7.57. The number of carbonyl (C=O) groups is 1. The Labute approximate surface area is 148 Å². The van der Waals surface area contributed by atoms with Gasteiger partial charge in [0.1, 0.15) is 12.9 Å². The van der Waals surface area contributed by atoms with Crippen LogP contribution in [0.4, 0.5) is 5.69 Å². The molecule has 9 heteroatoms. The number of aromatic nitrogens is 1. The Hall–Kier alpha value is -2.84. The molecule has 0 atom stereocenters. The van der Waals surface area contributed by atoms with Gasteiger partial charge in [-0.05, 0) is 36.8 Å². The molecule has 0 spiro atoms. The quantitative estimate of drug-likeness (QED) is 0.785. The fourth-order valence-corrected chi connectivity index (χ4v) is 2.59. The molecule has 1 aliphatic heterocycles. The van der Waals surface area contributed by atoms with E-state index in [2.05, 4.69) is 16.2 Å². The van der Waals surface area contributed by atoms with Crippen LogP contribution >= 0.6 is 11.6 Å². The van der Waals surface area contributed by atoms with Crippen LogP contribution in [-0.4, -0.2) is 23.5 Å². The van der Waals surface area contributed by atoms with Crippen molar-refractivity contribution in [1.82, 2.24) is 15.6 Å². The van der Waals surface area contributed by atoms with Gasteiger partial charge in [-0.25, -0.2) is 10.5 Å². The van der Waals surface area contributed by atoms with Crippen molar-refractivity contribution in [1.29, 1.82) is 0 Å². The molecule has 0 saturated carbocycles. The number of benzene rings is 1. The molecule has 1 aromatic heterocycles. The summed E-state index contributed by atoms with van der Waals surface area (Å²) in [6, 6.07) is 8.52. The molecule has 2 heterocycles. The van der Waals surface area contributed by atoms with E-state index < -0.39 is 5.97 Å². The molecule has 0 unspecified atom stereocenters. The van der Waals surface area contributed by atoms with Crippen LogP contribution in [0.25, 0.3) is 11.1 Å². The minimum Gasteiger partial charge on any atom is -0.465 e. The lowest BCUT2D eigenvalue weighted by Crippen LogP contribution is -2.37. The van der Waals surface area contributed by atoms with E-state index in [1.807, 2.05) is 6.07 Å². The van der Waals surface area contributed by atoms with Gasteiger partial charge in [0.15, 0.2) is 0 Å². The monoisotopic (exact) mass is 361 g/mol. The largest absolute Gasteiger partial charge is 0.465 e. The predicted octanol–water partition coefficient (Wildman–Crippen LogP) is 1.50. The fourth-order valence-electron chi connectivity index (χ4n) is 2.42. The van der Waals surface area contributed by atoms with Crippen LogP contribution in [0.1, 0.15) is 6.92 Å². The van der Waals surface area contributed by atoms with E-state index in [9.17, 15) is 9.59 Å². The van der Waals surface area contributed by atoms with Crippen LogP contribution in [0.2, 0.25) is 5.02 Å². The lowest BCUT2D eigenvalue weighted by Gasteiger charge is -2.18. The number of anilines is 1. The Bertz CT molecular complexity index is 880. The second kappa shape index (κ2) is 7.37. The minimum atomic E-state index is -0.454. The fraction of sp³-hybridized carbons (Fsp3) is 0.188. The highest BCUT2D eigenvalue weighted by atomic mass is 35.5. The van der Waals surface area contributed by atoms with Gasteiger partial charge in [0.05, 0.1) is 12.3 Å². The Morgan fingerprint density at radius 2 is 2.16 bits per heavy atom. The van der Waals surface area contributed by atoms with Crippen LogP contribution in [0, 0.1) is 0 Å². The smallest absolute Gasteiger partial charge is 0.326 e. The molecule has 0 fully saturated rings. The van der Waals surface area contributed by atoms with Crippen molar-refractivity contribution >= 4 is 29.6 Å². The third kappa shape index (κ3) is 3.81. The van der Waals surface area contributed by atoms with Crippen molar-refractivity contribution in [3.05, 3.63) is 51.9 Å². The summed E-state index contributed by atoms with van der Waals surface area (Å²) < 4.78 is 6.16. The van der Waals surface area contributed by atoms with E-state index in [4.69, 9.17) is 16.3 Å². The third-order valence-corrected chi connectivity index (χ3v) is 3.77. The lowest BCUT2D eigenvalue weighted by molar-refractivity contribution is -0.143. The van der Waals surface area contributed by atoms with E-state index >= 15 is 0 Å². The lowest BCUT2D eigenvalue weighted by atomic mass is 10.0. The van der Waals surface area contributed by atoms with Crippen LogP contribution in [0.3, 0.4) is 0 Å². The van der Waals surface area contributed by atoms with Crippen molar-refractivity contribution in [2.45, 2.75) is 13.5 Å². The van der Waals surface area contributed by atoms with Crippen LogP contribution in [0.15, 0.2) is 46.4 Å². The van der Waals surface area contributed by atoms with Gasteiger partial charge in [-0.1, -0.05) is 11.6 Å². The van der Waals surface area contributed by atoms with E-state index in [1.165, 1.54) is 10.6 Å². The standard InChI is InChI=1S/C16H16ClN5O3/c1-2-25-16(24)9-21-6-5-11(7-15(21)23)13-8-12(17)3-4-14(13)22-10-18-19-20-22/h3-8,10,19-20H,2,9H2,1H3. The molecule has 0 saturated heterocycles. The van der Waals surface area contributed by atoms with E-state index in [0.29, 0.717) is 10.6 Å². The molecule has 130 valence electrons. The predicted molar refractivity (Wildman–Crippen MR) is 95.0 cm³/mol. The van der Waals surface area contributed by atoms with Gasteiger partial charge in [-0.15, -0.1) is 5.53 Å². The van der Waals surface area contributed by atoms with Gasteiger partial charge in [0, 0.05) is 22.8 Å². The number of pyridine rings is 1. The normalized spacial score (nSPS) is 13.0. The molecule has 3 rings (SSSR count). The molecule has 0 aliphatic carbocycles. The molecule has 8 nitrogen and oxygen atoms in total. The summed E-state index contributed by atoms with van der Waals surface area (Å²) in [5.74, 6) is -0.454. The molecular weight excluding hydrogens is 346 g/mol. The summed E-state index contributed by atoms with van der Waals surface area (Å²) in [4.78, 5) is 23.9. The van der Waals surface area contributed by atoms with Crippen LogP contribution in [-0.2, 0) is 16.1 Å². The van der Waals surface area contributed by atoms with Crippen molar-refractivity contribution in [2.75, 3.05) is 11.6 Å². The second-order valence-electron chi connectivity index (χ2n) is 5.19. The van der Waals surface area contributed by atoms with Gasteiger partial charge in [0.25, 0.3) is 5.56 Å². The number of ether oxygens (including phenoxy) is 1. The van der Waals surface area contributed by atoms with E-state index in [0.717, 1.165) is 11.3 Å². The van der Waals surface area contributed by atoms with Crippen molar-refractivity contribution in [3.63, 3.8) is 0 Å². The number of nitrogens with zero attached hydrogens (tertiary/aromatic N) is 3. The maximum Gasteiger partial charge on any atom is 0.326 e. The van der Waals surface area contributed by atoms with Crippen LogP contribution < -0.4 is 21.6 Å². The van der Waals surface area contributed by atoms with Gasteiger partial charge in [0.2, 0.25) is 0 Å². The zero-order valence-corrected chi connectivity index (χ0v) is 14.2. The molecule has 0 amide bonds. The number of rotatable bonds is 5. The number of nitrogens with one attached hydrogen (secondary N) is 2. The first-order valence-corrected chi connectivity index (χ1v) is 7.95. The number of halogens is 1. The molecule has 25 heavy (non-hydrogen) atoms. The van der Waals surface area contributed by atoms with Gasteiger partial charge < -0.3 is 9.30 Å². The maximum atomic E-state index is 12.3. The highest BCUT2D eigenvalue weighted by molar-refractivity contribution is 6.31. The Kier molecular flexibility index (Phi) is 5.01. The summed E-state index contributed by atoms with van der Waals surface area (Å²) in [7, 11) is 0. The number of hydrazone groups is 1. The molecular formula is C16H16ClN5O3. The summed E-state index contributed by atoms with van der Waals surface area (Å²) in [6.45, 7) is 1.87. The SMILES string of the molecule is CCOC(=O)Cn1ccc(-c2cc(Cl)ccc2N2C=NNN2)cc1=O. The molecule has 2 aromatic rings. The van der Waals surface area contributed by atoms with Crippen molar-refractivity contribution in [2.24, 2.45) is 5.10 Å². The number of hydrazine groups is 2. The van der Waals surface area contributed by atoms with Gasteiger partial charge in [-0.2, -0.15) is 5.10 Å². The van der Waals surface area contributed by atoms with E-state index in [-0.39, 0.29) is 18.7 Å². The molecule has 1 aliphatic rings. The average molecular weight is 362 g/mol. The van der Waals surface area contributed by atoms with Gasteiger partial charge >= 0.3 is 5.97 Å². The summed E-state index contributed by atoms with van der Waals surface area (Å²) in [5.41, 5.74) is 7.33. The Morgan fingerprint density at radius 3 is 2.84 bits per heavy atom. The Morgan fingerprint density at radius 1 is 1.32 bits per heavy atom.